The minimum Gasteiger partial charge on any atom is -0.508 e. The average molecular weight is 587 g/mol. The molecular formula is C28H30N2O12. The molecule has 0 amide bonds. The maximum atomic E-state index is 12.8. The van der Waals surface area contributed by atoms with Crippen LogP contribution in [0.1, 0.15) is 16.2 Å². The topological polar surface area (TPSA) is 221 Å². The number of rotatable bonds is 8. The molecule has 5 rings (SSSR count). The molecule has 8 atom stereocenters. The molecule has 4 heterocycles. The molecule has 0 unspecified atom stereocenters. The maximum Gasteiger partial charge on any atom is 0.354 e. The van der Waals surface area contributed by atoms with Crippen LogP contribution in [0.2, 0.25) is 0 Å². The number of fused-ring (bicyclic) bond motifs is 3. The highest BCUT2D eigenvalue weighted by Crippen LogP contribution is 2.39. The smallest absolute Gasteiger partial charge is 0.354 e. The number of carboxylic acid groups (broad SMARTS) is 1. The van der Waals surface area contributed by atoms with Crippen LogP contribution in [0.4, 0.5) is 0 Å². The SMILES string of the molecule is C=C[C@H]1[C@H](O[C@@H]2O[C@H](CO)[C@@H](O)[C@H](O)[C@H]2O)OC=C(C(=O)OC)[C@H]1Cc1nc(C(=O)O)cc2c1[nH]c1ccc(O)cc12. The van der Waals surface area contributed by atoms with Crippen LogP contribution in [0.5, 0.6) is 5.75 Å². The van der Waals surface area contributed by atoms with Gasteiger partial charge in [0.2, 0.25) is 6.29 Å². The highest BCUT2D eigenvalue weighted by Gasteiger charge is 2.47. The number of aliphatic hydroxyl groups excluding tert-OH is 4. The Morgan fingerprint density at radius 1 is 1.12 bits per heavy atom. The lowest BCUT2D eigenvalue weighted by atomic mass is 9.80. The number of hydrogen-bond acceptors (Lipinski definition) is 12. The molecule has 3 aromatic rings. The Bertz CT molecular complexity index is 1550. The van der Waals surface area contributed by atoms with Crippen LogP contribution in [0.3, 0.4) is 0 Å². The molecule has 0 radical (unpaired) electrons. The first-order valence-electron chi connectivity index (χ1n) is 13.0. The Balaban J connectivity index is 1.55. The lowest BCUT2D eigenvalue weighted by molar-refractivity contribution is -0.339. The second-order valence-electron chi connectivity index (χ2n) is 10.1. The molecule has 14 nitrogen and oxygen atoms in total. The van der Waals surface area contributed by atoms with Crippen molar-refractivity contribution in [2.45, 2.75) is 43.4 Å². The van der Waals surface area contributed by atoms with Crippen LogP contribution in [-0.4, -0.2) is 103 Å². The van der Waals surface area contributed by atoms with E-state index in [1.807, 2.05) is 0 Å². The van der Waals surface area contributed by atoms with Gasteiger partial charge >= 0.3 is 11.9 Å². The zero-order chi connectivity index (χ0) is 30.3. The van der Waals surface area contributed by atoms with E-state index in [4.69, 9.17) is 18.9 Å². The number of benzene rings is 1. The minimum absolute atomic E-state index is 0.0149. The van der Waals surface area contributed by atoms with E-state index in [2.05, 4.69) is 16.5 Å². The number of aromatic amines is 1. The Morgan fingerprint density at radius 2 is 1.88 bits per heavy atom. The molecule has 0 bridgehead atoms. The van der Waals surface area contributed by atoms with E-state index in [1.165, 1.54) is 31.4 Å². The summed E-state index contributed by atoms with van der Waals surface area (Å²) in [5.41, 5.74) is 1.18. The van der Waals surface area contributed by atoms with Crippen molar-refractivity contribution in [2.75, 3.05) is 13.7 Å². The average Bonchev–Trinajstić information content (AvgIpc) is 3.35. The number of phenols is 1. The van der Waals surface area contributed by atoms with Gasteiger partial charge in [-0.3, -0.25) is 0 Å². The summed E-state index contributed by atoms with van der Waals surface area (Å²) in [7, 11) is 1.19. The monoisotopic (exact) mass is 586 g/mol. The van der Waals surface area contributed by atoms with Gasteiger partial charge in [0.15, 0.2) is 6.29 Å². The van der Waals surface area contributed by atoms with E-state index in [0.717, 1.165) is 6.26 Å². The number of pyridine rings is 1. The number of carboxylic acids is 1. The summed E-state index contributed by atoms with van der Waals surface area (Å²) in [6.07, 6.45) is -6.50. The van der Waals surface area contributed by atoms with Crippen LogP contribution in [0, 0.1) is 11.8 Å². The van der Waals surface area contributed by atoms with E-state index < -0.39 is 67.4 Å². The number of phenolic OH excluding ortho intramolecular Hbond substituents is 1. The predicted octanol–water partition coefficient (Wildman–Crippen LogP) is 0.311. The largest absolute Gasteiger partial charge is 0.508 e. The molecule has 2 aromatic heterocycles. The summed E-state index contributed by atoms with van der Waals surface area (Å²) in [4.78, 5) is 32.4. The summed E-state index contributed by atoms with van der Waals surface area (Å²) < 4.78 is 21.9. The lowest BCUT2D eigenvalue weighted by Crippen LogP contribution is -2.60. The number of esters is 1. The number of aromatic nitrogens is 2. The fourth-order valence-corrected chi connectivity index (χ4v) is 5.40. The molecule has 224 valence electrons. The summed E-state index contributed by atoms with van der Waals surface area (Å²) in [5.74, 6) is -3.68. The summed E-state index contributed by atoms with van der Waals surface area (Å²) in [6.45, 7) is 3.18. The number of hydrogen-bond donors (Lipinski definition) is 7. The van der Waals surface area contributed by atoms with E-state index in [0.29, 0.717) is 21.8 Å². The molecule has 7 N–H and O–H groups in total. The first-order chi connectivity index (χ1) is 20.1. The van der Waals surface area contributed by atoms with Gasteiger partial charge in [-0.25, -0.2) is 14.6 Å². The van der Waals surface area contributed by atoms with Crippen LogP contribution in [-0.2, 0) is 30.2 Å². The Labute approximate surface area is 238 Å². The van der Waals surface area contributed by atoms with Crippen molar-refractivity contribution in [3.63, 3.8) is 0 Å². The molecule has 0 saturated carbocycles. The fraction of sp³-hybridized carbons (Fsp3) is 0.393. The number of aromatic hydroxyl groups is 1. The Kier molecular flexibility index (Phi) is 8.19. The van der Waals surface area contributed by atoms with Gasteiger partial charge in [0.25, 0.3) is 0 Å². The molecule has 0 spiro atoms. The second kappa shape index (κ2) is 11.7. The Morgan fingerprint density at radius 3 is 2.55 bits per heavy atom. The predicted molar refractivity (Wildman–Crippen MR) is 143 cm³/mol. The van der Waals surface area contributed by atoms with Gasteiger partial charge in [-0.1, -0.05) is 6.08 Å². The van der Waals surface area contributed by atoms with Gasteiger partial charge in [0.05, 0.1) is 36.8 Å². The van der Waals surface area contributed by atoms with Crippen molar-refractivity contribution >= 4 is 33.7 Å². The van der Waals surface area contributed by atoms with Gasteiger partial charge in [-0.15, -0.1) is 6.58 Å². The van der Waals surface area contributed by atoms with Gasteiger partial charge in [0.1, 0.15) is 35.9 Å². The van der Waals surface area contributed by atoms with Gasteiger partial charge < -0.3 is 54.6 Å². The minimum atomic E-state index is -1.71. The van der Waals surface area contributed by atoms with Crippen LogP contribution >= 0.6 is 0 Å². The number of ether oxygens (including phenoxy) is 4. The standard InChI is InChI=1S/C28H30N2O12/c1-3-12-13(7-18-21-15(8-19(29-18)25(36)37)14-6-11(32)4-5-17(14)30-21)16(26(38)39-2)10-40-27(12)42-28-24(35)23(34)22(33)20(9-31)41-28/h3-6,8,10,12-13,20,22-24,27-28,30-35H,1,7,9H2,2H3,(H,36,37)/t12-,13+,20-,22-,23+,24-,27+,28+/m1/s1. The van der Waals surface area contributed by atoms with Crippen molar-refractivity contribution < 1.29 is 59.2 Å². The first kappa shape index (κ1) is 29.4. The second-order valence-corrected chi connectivity index (χ2v) is 10.1. The van der Waals surface area contributed by atoms with Crippen molar-refractivity contribution in [1.82, 2.24) is 9.97 Å². The molecule has 2 aliphatic heterocycles. The molecule has 1 fully saturated rings. The molecule has 0 aliphatic carbocycles. The number of nitrogens with zero attached hydrogens (tertiary/aromatic N) is 1. The van der Waals surface area contributed by atoms with Gasteiger partial charge in [-0.05, 0) is 30.7 Å². The molecule has 1 saturated heterocycles. The normalized spacial score (nSPS) is 29.6. The van der Waals surface area contributed by atoms with Crippen molar-refractivity contribution in [2.24, 2.45) is 11.8 Å². The van der Waals surface area contributed by atoms with E-state index in [9.17, 15) is 40.2 Å². The highest BCUT2D eigenvalue weighted by atomic mass is 16.8. The molecule has 42 heavy (non-hydrogen) atoms. The van der Waals surface area contributed by atoms with Gasteiger partial charge in [-0.2, -0.15) is 0 Å². The van der Waals surface area contributed by atoms with Crippen LogP contribution < -0.4 is 0 Å². The number of aromatic carboxylic acids is 1. The Hall–Kier alpha value is -4.05. The lowest BCUT2D eigenvalue weighted by Gasteiger charge is -2.43. The maximum absolute atomic E-state index is 12.8. The molecule has 2 aliphatic rings. The number of nitrogens with one attached hydrogen (secondary N) is 1. The molecular weight excluding hydrogens is 556 g/mol. The first-order valence-corrected chi connectivity index (χ1v) is 13.0. The number of carbonyl (C=O) groups is 2. The number of H-pyrrole nitrogens is 1. The third kappa shape index (κ3) is 5.19. The number of aliphatic hydroxyl groups is 4. The van der Waals surface area contributed by atoms with E-state index in [-0.39, 0.29) is 29.1 Å². The molecule has 1 aromatic carbocycles. The van der Waals surface area contributed by atoms with Crippen molar-refractivity contribution in [3.8, 4) is 5.75 Å². The van der Waals surface area contributed by atoms with Gasteiger partial charge in [0, 0.05) is 28.1 Å². The quantitative estimate of drug-likeness (QED) is 0.140. The summed E-state index contributed by atoms with van der Waals surface area (Å²) in [6, 6.07) is 6.00. The zero-order valence-corrected chi connectivity index (χ0v) is 22.3. The van der Waals surface area contributed by atoms with Crippen molar-refractivity contribution in [3.05, 3.63) is 60.1 Å². The number of carbonyl (C=O) groups excluding carboxylic acids is 1. The third-order valence-electron chi connectivity index (χ3n) is 7.60. The van der Waals surface area contributed by atoms with Crippen LogP contribution in [0.15, 0.2) is 48.8 Å². The molecule has 14 heteroatoms. The fourth-order valence-electron chi connectivity index (χ4n) is 5.40. The zero-order valence-electron chi connectivity index (χ0n) is 22.3. The highest BCUT2D eigenvalue weighted by molar-refractivity contribution is 6.10. The summed E-state index contributed by atoms with van der Waals surface area (Å²) in [5, 5.41) is 61.2. The third-order valence-corrected chi connectivity index (χ3v) is 7.60. The van der Waals surface area contributed by atoms with E-state index >= 15 is 0 Å². The number of methoxy groups -OCH3 is 1. The van der Waals surface area contributed by atoms with E-state index in [1.54, 1.807) is 6.07 Å². The van der Waals surface area contributed by atoms with Crippen molar-refractivity contribution in [1.29, 1.82) is 0 Å². The van der Waals surface area contributed by atoms with Crippen LogP contribution in [0.25, 0.3) is 21.8 Å². The summed E-state index contributed by atoms with van der Waals surface area (Å²) >= 11 is 0.